The second kappa shape index (κ2) is 8.29. The van der Waals surface area contributed by atoms with Crippen LogP contribution in [0.25, 0.3) is 32.7 Å². The zero-order valence-electron chi connectivity index (χ0n) is 20.6. The molecule has 8 rings (SSSR count). The molecular formula is C32H16N2O4S2. The van der Waals surface area contributed by atoms with Gasteiger partial charge in [0, 0.05) is 27.5 Å². The van der Waals surface area contributed by atoms with Crippen LogP contribution in [0.4, 0.5) is 10.0 Å². The lowest BCUT2D eigenvalue weighted by molar-refractivity contribution is 0.0874. The molecule has 0 radical (unpaired) electrons. The third-order valence-electron chi connectivity index (χ3n) is 7.53. The summed E-state index contributed by atoms with van der Waals surface area (Å²) < 4.78 is 0. The highest BCUT2D eigenvalue weighted by molar-refractivity contribution is 7.15. The average Bonchev–Trinajstić information content (AvgIpc) is 3.70. The molecule has 0 aliphatic carbocycles. The number of imide groups is 2. The van der Waals surface area contributed by atoms with E-state index in [0.717, 1.165) is 16.3 Å². The summed E-state index contributed by atoms with van der Waals surface area (Å²) in [5.74, 6) is -1.91. The Hall–Kier alpha value is -4.92. The number of benzene rings is 4. The first-order valence-corrected chi connectivity index (χ1v) is 14.3. The van der Waals surface area contributed by atoms with E-state index in [0.29, 0.717) is 31.9 Å². The standard InChI is InChI=1S/C32H16N2O4S2/c35-29-20-12-13-21-27-26(20)23(31(37)33(29)24-10-4-14-39-24)16-22(19-9-3-7-17-6-1-2-8-18(17)19)28(27)32(38)34(30(21)36)25-11-5-15-40-25/h1-16H. The number of hydrogen-bond acceptors (Lipinski definition) is 6. The van der Waals surface area contributed by atoms with Crippen LogP contribution in [0.5, 0.6) is 0 Å². The zero-order valence-corrected chi connectivity index (χ0v) is 22.2. The lowest BCUT2D eigenvalue weighted by Crippen LogP contribution is -2.43. The number of anilines is 2. The van der Waals surface area contributed by atoms with Crippen LogP contribution in [-0.4, -0.2) is 23.6 Å². The molecule has 190 valence electrons. The summed E-state index contributed by atoms with van der Waals surface area (Å²) in [7, 11) is 0. The molecule has 0 spiro atoms. The van der Waals surface area contributed by atoms with Crippen LogP contribution in [0.15, 0.2) is 95.7 Å². The monoisotopic (exact) mass is 556 g/mol. The minimum absolute atomic E-state index is 0.287. The summed E-state index contributed by atoms with van der Waals surface area (Å²) in [6.45, 7) is 0. The van der Waals surface area contributed by atoms with Crippen molar-refractivity contribution in [2.75, 3.05) is 9.80 Å². The van der Waals surface area contributed by atoms with Gasteiger partial charge in [-0.05, 0) is 75.1 Å². The molecule has 2 aliphatic heterocycles. The van der Waals surface area contributed by atoms with E-state index in [1.54, 1.807) is 42.5 Å². The number of fused-ring (bicyclic) bond motifs is 1. The molecule has 8 heteroatoms. The van der Waals surface area contributed by atoms with E-state index >= 15 is 0 Å². The van der Waals surface area contributed by atoms with Gasteiger partial charge in [0.25, 0.3) is 23.6 Å². The largest absolute Gasteiger partial charge is 0.268 e. The smallest absolute Gasteiger partial charge is 0.267 e. The van der Waals surface area contributed by atoms with Gasteiger partial charge in [0.2, 0.25) is 0 Å². The van der Waals surface area contributed by atoms with Crippen LogP contribution in [-0.2, 0) is 0 Å². The maximum absolute atomic E-state index is 14.3. The predicted octanol–water partition coefficient (Wildman–Crippen LogP) is 7.38. The van der Waals surface area contributed by atoms with Crippen molar-refractivity contribution < 1.29 is 19.2 Å². The van der Waals surface area contributed by atoms with E-state index in [2.05, 4.69) is 0 Å². The number of nitrogens with zero attached hydrogens (tertiary/aromatic N) is 2. The Morgan fingerprint density at radius 3 is 1.75 bits per heavy atom. The van der Waals surface area contributed by atoms with Gasteiger partial charge in [0.15, 0.2) is 0 Å². The SMILES string of the molecule is O=C1c2ccc3c4c(c(-c5cccc6ccccc56)cc(c24)C(=O)N1c1cccs1)C(=O)N(c1cccs1)C3=O. The van der Waals surface area contributed by atoms with Gasteiger partial charge in [0.1, 0.15) is 10.0 Å². The second-order valence-corrected chi connectivity index (χ2v) is 11.4. The van der Waals surface area contributed by atoms with Gasteiger partial charge in [-0.25, -0.2) is 9.80 Å². The first-order valence-electron chi connectivity index (χ1n) is 12.5. The van der Waals surface area contributed by atoms with Crippen molar-refractivity contribution in [3.05, 3.63) is 118 Å². The Labute approximate surface area is 235 Å². The van der Waals surface area contributed by atoms with E-state index in [1.807, 2.05) is 53.2 Å². The third-order valence-corrected chi connectivity index (χ3v) is 9.24. The van der Waals surface area contributed by atoms with Crippen LogP contribution in [0.1, 0.15) is 41.4 Å². The average molecular weight is 557 g/mol. The maximum Gasteiger partial charge on any atom is 0.267 e. The Morgan fingerprint density at radius 2 is 1.07 bits per heavy atom. The molecule has 4 amide bonds. The van der Waals surface area contributed by atoms with Gasteiger partial charge in [-0.1, -0.05) is 42.5 Å². The summed E-state index contributed by atoms with van der Waals surface area (Å²) in [4.78, 5) is 58.3. The molecule has 0 saturated carbocycles. The van der Waals surface area contributed by atoms with Crippen molar-refractivity contribution in [2.45, 2.75) is 0 Å². The van der Waals surface area contributed by atoms with Crippen molar-refractivity contribution in [1.82, 2.24) is 0 Å². The number of thiophene rings is 2. The van der Waals surface area contributed by atoms with E-state index < -0.39 is 23.6 Å². The van der Waals surface area contributed by atoms with Crippen molar-refractivity contribution in [1.29, 1.82) is 0 Å². The van der Waals surface area contributed by atoms with Gasteiger partial charge in [-0.15, -0.1) is 22.7 Å². The molecule has 2 aliphatic rings. The molecule has 2 aromatic heterocycles. The maximum atomic E-state index is 14.3. The van der Waals surface area contributed by atoms with Crippen LogP contribution in [0.2, 0.25) is 0 Å². The Bertz CT molecular complexity index is 2090. The molecule has 0 bridgehead atoms. The lowest BCUT2D eigenvalue weighted by atomic mass is 9.81. The molecule has 6 aromatic rings. The van der Waals surface area contributed by atoms with Gasteiger partial charge in [-0.3, -0.25) is 19.2 Å². The van der Waals surface area contributed by atoms with Crippen LogP contribution in [0, 0.1) is 0 Å². The summed E-state index contributed by atoms with van der Waals surface area (Å²) in [6.07, 6.45) is 0. The van der Waals surface area contributed by atoms with Crippen molar-refractivity contribution in [2.24, 2.45) is 0 Å². The molecule has 0 unspecified atom stereocenters. The van der Waals surface area contributed by atoms with Crippen molar-refractivity contribution >= 4 is 77.8 Å². The molecule has 0 fully saturated rings. The molecule has 0 saturated heterocycles. The first-order chi connectivity index (χ1) is 19.5. The second-order valence-electron chi connectivity index (χ2n) is 9.58. The topological polar surface area (TPSA) is 74.8 Å². The van der Waals surface area contributed by atoms with E-state index in [9.17, 15) is 19.2 Å². The molecule has 6 nitrogen and oxygen atoms in total. The molecule has 4 heterocycles. The highest BCUT2D eigenvalue weighted by Gasteiger charge is 2.42. The van der Waals surface area contributed by atoms with Gasteiger partial charge >= 0.3 is 0 Å². The van der Waals surface area contributed by atoms with E-state index in [-0.39, 0.29) is 16.7 Å². The fourth-order valence-electron chi connectivity index (χ4n) is 5.84. The molecule has 0 atom stereocenters. The zero-order chi connectivity index (χ0) is 27.1. The molecular weight excluding hydrogens is 540 g/mol. The number of rotatable bonds is 3. The van der Waals surface area contributed by atoms with Crippen molar-refractivity contribution in [3.8, 4) is 11.1 Å². The van der Waals surface area contributed by atoms with E-state index in [1.165, 1.54) is 32.5 Å². The highest BCUT2D eigenvalue weighted by atomic mass is 32.1. The lowest BCUT2D eigenvalue weighted by Gasteiger charge is -2.32. The predicted molar refractivity (Wildman–Crippen MR) is 158 cm³/mol. The fraction of sp³-hybridized carbons (Fsp3) is 0. The van der Waals surface area contributed by atoms with Crippen molar-refractivity contribution in [3.63, 3.8) is 0 Å². The molecule has 40 heavy (non-hydrogen) atoms. The van der Waals surface area contributed by atoms with Gasteiger partial charge in [0.05, 0.1) is 5.56 Å². The third kappa shape index (κ3) is 2.97. The minimum Gasteiger partial charge on any atom is -0.268 e. The molecule has 4 aromatic carbocycles. The summed E-state index contributed by atoms with van der Waals surface area (Å²) in [5.41, 5.74) is 2.49. The van der Waals surface area contributed by atoms with Crippen LogP contribution < -0.4 is 9.80 Å². The number of amides is 4. The fourth-order valence-corrected chi connectivity index (χ4v) is 7.29. The number of carbonyl (C=O) groups is 4. The Kier molecular flexibility index (Phi) is 4.77. The summed E-state index contributed by atoms with van der Waals surface area (Å²) in [5, 5.41) is 7.24. The molecule has 0 N–H and O–H groups in total. The number of hydrogen-bond donors (Lipinski definition) is 0. The number of carbonyl (C=O) groups excluding carboxylic acids is 4. The normalized spacial score (nSPS) is 14.6. The quantitative estimate of drug-likeness (QED) is 0.213. The Balaban J connectivity index is 1.52. The Morgan fingerprint density at radius 1 is 0.475 bits per heavy atom. The summed E-state index contributed by atoms with van der Waals surface area (Å²) >= 11 is 2.59. The van der Waals surface area contributed by atoms with E-state index in [4.69, 9.17) is 0 Å². The highest BCUT2D eigenvalue weighted by Crippen LogP contribution is 2.46. The van der Waals surface area contributed by atoms with Crippen LogP contribution in [0.3, 0.4) is 0 Å². The van der Waals surface area contributed by atoms with Gasteiger partial charge < -0.3 is 0 Å². The minimum atomic E-state index is -0.481. The van der Waals surface area contributed by atoms with Gasteiger partial charge in [-0.2, -0.15) is 0 Å². The van der Waals surface area contributed by atoms with Crippen LogP contribution >= 0.6 is 22.7 Å². The summed E-state index contributed by atoms with van der Waals surface area (Å²) in [6, 6.07) is 25.6. The first kappa shape index (κ1) is 23.0.